The van der Waals surface area contributed by atoms with Crippen LogP contribution in [-0.2, 0) is 17.9 Å². The molecule has 0 saturated carbocycles. The van der Waals surface area contributed by atoms with Crippen LogP contribution in [0.25, 0.3) is 11.3 Å². The molecular formula is C22H32N+. The maximum absolute atomic E-state index is 2.36. The Bertz CT molecular complexity index is 725. The molecule has 0 aliphatic carbocycles. The predicted molar refractivity (Wildman–Crippen MR) is 99.9 cm³/mol. The molecule has 2 aromatic rings. The van der Waals surface area contributed by atoms with Crippen molar-refractivity contribution in [2.75, 3.05) is 0 Å². The van der Waals surface area contributed by atoms with Crippen LogP contribution in [0.4, 0.5) is 0 Å². The van der Waals surface area contributed by atoms with Crippen LogP contribution >= 0.6 is 0 Å². The van der Waals surface area contributed by atoms with Crippen molar-refractivity contribution in [1.82, 2.24) is 0 Å². The summed E-state index contributed by atoms with van der Waals surface area (Å²) in [5, 5.41) is 0. The molecule has 0 saturated heterocycles. The summed E-state index contributed by atoms with van der Waals surface area (Å²) in [7, 11) is 2.17. The van der Waals surface area contributed by atoms with Crippen LogP contribution < -0.4 is 4.57 Å². The Kier molecular flexibility index (Phi) is 4.45. The van der Waals surface area contributed by atoms with E-state index in [4.69, 9.17) is 0 Å². The quantitative estimate of drug-likeness (QED) is 0.622. The topological polar surface area (TPSA) is 3.88 Å². The van der Waals surface area contributed by atoms with Crippen molar-refractivity contribution in [1.29, 1.82) is 0 Å². The third-order valence-electron chi connectivity index (χ3n) is 4.63. The smallest absolute Gasteiger partial charge is 0.201 e. The number of nitrogens with zero attached hydrogens (tertiary/aromatic N) is 1. The molecule has 1 heterocycles. The maximum atomic E-state index is 2.36. The molecule has 1 heteroatoms. The number of hydrogen-bond donors (Lipinski definition) is 0. The average Bonchev–Trinajstić information content (AvgIpc) is 2.38. The van der Waals surface area contributed by atoms with Gasteiger partial charge in [0.15, 0.2) is 6.20 Å². The van der Waals surface area contributed by atoms with Crippen LogP contribution in [0.2, 0.25) is 0 Å². The van der Waals surface area contributed by atoms with Gasteiger partial charge in [-0.25, -0.2) is 4.57 Å². The van der Waals surface area contributed by atoms with Gasteiger partial charge in [0.2, 0.25) is 5.69 Å². The van der Waals surface area contributed by atoms with E-state index < -0.39 is 0 Å². The van der Waals surface area contributed by atoms with Crippen molar-refractivity contribution in [3.63, 3.8) is 0 Å². The fraction of sp³-hybridized carbons (Fsp3) is 0.500. The van der Waals surface area contributed by atoms with Gasteiger partial charge >= 0.3 is 0 Å². The minimum absolute atomic E-state index is 0.130. The monoisotopic (exact) mass is 310 g/mol. The van der Waals surface area contributed by atoms with Crippen molar-refractivity contribution < 1.29 is 4.57 Å². The molecule has 0 spiro atoms. The van der Waals surface area contributed by atoms with Crippen LogP contribution in [0.5, 0.6) is 0 Å². The summed E-state index contributed by atoms with van der Waals surface area (Å²) in [5.41, 5.74) is 8.52. The second kappa shape index (κ2) is 5.78. The zero-order valence-electron chi connectivity index (χ0n) is 16.3. The first-order valence-corrected chi connectivity index (χ1v) is 8.54. The van der Waals surface area contributed by atoms with E-state index in [1.165, 1.54) is 33.5 Å². The van der Waals surface area contributed by atoms with Crippen LogP contribution in [0.1, 0.15) is 63.8 Å². The summed E-state index contributed by atoms with van der Waals surface area (Å²) < 4.78 is 2.30. The van der Waals surface area contributed by atoms with E-state index in [1.54, 1.807) is 0 Å². The van der Waals surface area contributed by atoms with E-state index in [0.717, 1.165) is 0 Å². The average molecular weight is 311 g/mol. The van der Waals surface area contributed by atoms with Crippen LogP contribution in [0.15, 0.2) is 30.5 Å². The molecule has 0 bridgehead atoms. The number of rotatable bonds is 1. The Morgan fingerprint density at radius 3 is 1.87 bits per heavy atom. The lowest BCUT2D eigenvalue weighted by Crippen LogP contribution is -2.35. The minimum atomic E-state index is 0.130. The zero-order valence-corrected chi connectivity index (χ0v) is 16.3. The van der Waals surface area contributed by atoms with Crippen molar-refractivity contribution in [3.8, 4) is 11.3 Å². The van der Waals surface area contributed by atoms with Crippen molar-refractivity contribution in [3.05, 3.63) is 52.7 Å². The molecule has 1 nitrogen and oxygen atoms in total. The van der Waals surface area contributed by atoms with Crippen LogP contribution in [0, 0.1) is 13.8 Å². The molecule has 0 aliphatic rings. The van der Waals surface area contributed by atoms with Gasteiger partial charge in [0, 0.05) is 11.6 Å². The minimum Gasteiger partial charge on any atom is -0.201 e. The summed E-state index contributed by atoms with van der Waals surface area (Å²) in [4.78, 5) is 0. The van der Waals surface area contributed by atoms with Gasteiger partial charge in [-0.15, -0.1) is 0 Å². The van der Waals surface area contributed by atoms with E-state index >= 15 is 0 Å². The van der Waals surface area contributed by atoms with E-state index in [-0.39, 0.29) is 10.8 Å². The first kappa shape index (κ1) is 17.7. The highest BCUT2D eigenvalue weighted by Crippen LogP contribution is 2.35. The number of aromatic nitrogens is 1. The first-order valence-electron chi connectivity index (χ1n) is 8.54. The van der Waals surface area contributed by atoms with Gasteiger partial charge in [-0.2, -0.15) is 0 Å². The molecule has 2 rings (SSSR count). The van der Waals surface area contributed by atoms with Crippen molar-refractivity contribution >= 4 is 0 Å². The van der Waals surface area contributed by atoms with Gasteiger partial charge in [0.05, 0.1) is 5.56 Å². The Labute approximate surface area is 142 Å². The molecule has 0 atom stereocenters. The number of aryl methyl sites for hydroxylation is 3. The molecule has 0 radical (unpaired) electrons. The second-order valence-corrected chi connectivity index (χ2v) is 8.86. The molecule has 1 aromatic heterocycles. The van der Waals surface area contributed by atoms with Gasteiger partial charge in [0.1, 0.15) is 7.05 Å². The molecular weight excluding hydrogens is 278 g/mol. The number of pyridine rings is 1. The fourth-order valence-electron chi connectivity index (χ4n) is 3.42. The third-order valence-corrected chi connectivity index (χ3v) is 4.63. The van der Waals surface area contributed by atoms with Gasteiger partial charge in [0.25, 0.3) is 0 Å². The lowest BCUT2D eigenvalue weighted by molar-refractivity contribution is -0.661. The highest BCUT2D eigenvalue weighted by atomic mass is 14.9. The molecule has 0 aliphatic heterocycles. The summed E-state index contributed by atoms with van der Waals surface area (Å²) in [6.45, 7) is 18.2. The van der Waals surface area contributed by atoms with Crippen LogP contribution in [-0.4, -0.2) is 0 Å². The van der Waals surface area contributed by atoms with Gasteiger partial charge in [-0.3, -0.25) is 0 Å². The normalized spacial score (nSPS) is 12.6. The standard InChI is InChI=1S/C22H32N/c1-15-11-10-12-17(21(3,4)5)20(15)19-13-16(2)18(14-23(19)9)22(6,7)8/h10-14H,1-9H3/q+1. The van der Waals surface area contributed by atoms with Gasteiger partial charge < -0.3 is 0 Å². The molecule has 23 heavy (non-hydrogen) atoms. The Balaban J connectivity index is 2.77. The van der Waals surface area contributed by atoms with Gasteiger partial charge in [-0.05, 0) is 41.4 Å². The largest absolute Gasteiger partial charge is 0.213 e. The highest BCUT2D eigenvalue weighted by molar-refractivity contribution is 5.68. The summed E-state index contributed by atoms with van der Waals surface area (Å²) >= 11 is 0. The summed E-state index contributed by atoms with van der Waals surface area (Å²) in [6, 6.07) is 9.03. The summed E-state index contributed by atoms with van der Waals surface area (Å²) in [5.74, 6) is 0. The SMILES string of the molecule is Cc1cc(-c2c(C)cccc2C(C)(C)C)[n+](C)cc1C(C)(C)C. The Hall–Kier alpha value is -1.63. The molecule has 124 valence electrons. The molecule has 0 unspecified atom stereocenters. The second-order valence-electron chi connectivity index (χ2n) is 8.86. The predicted octanol–water partition coefficient (Wildman–Crippen LogP) is 5.39. The lowest BCUT2D eigenvalue weighted by Gasteiger charge is -2.25. The number of hydrogen-bond acceptors (Lipinski definition) is 0. The van der Waals surface area contributed by atoms with Gasteiger partial charge in [-0.1, -0.05) is 59.7 Å². The first-order chi connectivity index (χ1) is 10.4. The van der Waals surface area contributed by atoms with E-state index in [0.29, 0.717) is 0 Å². The van der Waals surface area contributed by atoms with Crippen molar-refractivity contribution in [2.24, 2.45) is 7.05 Å². The van der Waals surface area contributed by atoms with Crippen molar-refractivity contribution in [2.45, 2.75) is 66.2 Å². The molecule has 0 amide bonds. The lowest BCUT2D eigenvalue weighted by atomic mass is 9.80. The van der Waals surface area contributed by atoms with E-state index in [2.05, 4.69) is 97.5 Å². The molecule has 1 aromatic carbocycles. The van der Waals surface area contributed by atoms with E-state index in [9.17, 15) is 0 Å². The highest BCUT2D eigenvalue weighted by Gasteiger charge is 2.27. The Morgan fingerprint density at radius 1 is 0.783 bits per heavy atom. The van der Waals surface area contributed by atoms with Crippen LogP contribution in [0.3, 0.4) is 0 Å². The maximum Gasteiger partial charge on any atom is 0.213 e. The summed E-state index contributed by atoms with van der Waals surface area (Å²) in [6.07, 6.45) is 2.31. The molecule has 0 fully saturated rings. The third kappa shape index (κ3) is 3.49. The van der Waals surface area contributed by atoms with E-state index in [1.807, 2.05) is 0 Å². The Morgan fingerprint density at radius 2 is 1.35 bits per heavy atom. The number of benzene rings is 1. The zero-order chi connectivity index (χ0) is 17.6. The fourth-order valence-corrected chi connectivity index (χ4v) is 3.42. The molecule has 0 N–H and O–H groups in total.